The summed E-state index contributed by atoms with van der Waals surface area (Å²) in [6.45, 7) is 1.86. The molecule has 172 valence electrons. The van der Waals surface area contributed by atoms with Gasteiger partial charge in [-0.15, -0.1) is 0 Å². The third kappa shape index (κ3) is 8.17. The number of halogens is 2. The second kappa shape index (κ2) is 12.0. The smallest absolute Gasteiger partial charge is 0.315 e. The Bertz CT molecular complexity index is 803. The number of hydrogen-bond acceptors (Lipinski definition) is 2. The summed E-state index contributed by atoms with van der Waals surface area (Å²) in [7, 11) is 0. The Hall–Kier alpha value is -3.16. The lowest BCUT2D eigenvalue weighted by atomic mass is 9.81. The van der Waals surface area contributed by atoms with Crippen LogP contribution < -0.4 is 21.3 Å². The van der Waals surface area contributed by atoms with Crippen molar-refractivity contribution >= 4 is 12.1 Å². The van der Waals surface area contributed by atoms with E-state index in [0.29, 0.717) is 38.0 Å². The van der Waals surface area contributed by atoms with Gasteiger partial charge in [0.25, 0.3) is 0 Å². The maximum absolute atomic E-state index is 12.9. The van der Waals surface area contributed by atoms with Gasteiger partial charge in [-0.25, -0.2) is 18.4 Å². The summed E-state index contributed by atoms with van der Waals surface area (Å²) in [5, 5.41) is 11.4. The standard InChI is InChI=1S/C24H30F2N4O2/c25-21-8-4-17(5-9-21)13-27-23(31)29-15-19-2-1-3-20(12-19)16-30-24(32)28-14-18-6-10-22(26)11-7-18/h4-11,19-20H,1-3,12-16H2,(H2,27,29,31)(H2,28,30,32). The van der Waals surface area contributed by atoms with Crippen molar-refractivity contribution in [2.24, 2.45) is 11.8 Å². The average Bonchev–Trinajstić information content (AvgIpc) is 2.81. The summed E-state index contributed by atoms with van der Waals surface area (Å²) >= 11 is 0. The van der Waals surface area contributed by atoms with Gasteiger partial charge in [0.2, 0.25) is 0 Å². The van der Waals surface area contributed by atoms with Gasteiger partial charge in [-0.2, -0.15) is 0 Å². The molecule has 6 nitrogen and oxygen atoms in total. The highest BCUT2D eigenvalue weighted by Gasteiger charge is 2.22. The molecule has 0 spiro atoms. The first kappa shape index (κ1) is 23.5. The molecule has 1 saturated carbocycles. The van der Waals surface area contributed by atoms with Gasteiger partial charge in [-0.05, 0) is 66.5 Å². The van der Waals surface area contributed by atoms with E-state index in [9.17, 15) is 18.4 Å². The minimum atomic E-state index is -0.301. The zero-order valence-corrected chi connectivity index (χ0v) is 18.0. The molecule has 4 N–H and O–H groups in total. The van der Waals surface area contributed by atoms with Crippen LogP contribution in [0.5, 0.6) is 0 Å². The van der Waals surface area contributed by atoms with Gasteiger partial charge >= 0.3 is 12.1 Å². The predicted octanol–water partition coefficient (Wildman–Crippen LogP) is 4.07. The molecule has 2 atom stereocenters. The van der Waals surface area contributed by atoms with E-state index in [1.54, 1.807) is 24.3 Å². The normalized spacial score (nSPS) is 17.9. The Morgan fingerprint density at radius 2 is 1.09 bits per heavy atom. The van der Waals surface area contributed by atoms with E-state index in [-0.39, 0.29) is 23.7 Å². The number of carbonyl (C=O) groups is 2. The van der Waals surface area contributed by atoms with E-state index in [1.807, 2.05) is 0 Å². The third-order valence-corrected chi connectivity index (χ3v) is 5.73. The zero-order valence-electron chi connectivity index (χ0n) is 18.0. The summed E-state index contributed by atoms with van der Waals surface area (Å²) in [5.74, 6) is 0.138. The largest absolute Gasteiger partial charge is 0.338 e. The van der Waals surface area contributed by atoms with Gasteiger partial charge in [-0.1, -0.05) is 30.7 Å². The molecule has 2 unspecified atom stereocenters. The highest BCUT2D eigenvalue weighted by atomic mass is 19.1. The van der Waals surface area contributed by atoms with Gasteiger partial charge in [-0.3, -0.25) is 0 Å². The van der Waals surface area contributed by atoms with Crippen molar-refractivity contribution in [3.05, 3.63) is 71.3 Å². The first-order chi connectivity index (χ1) is 15.5. The Kier molecular flexibility index (Phi) is 8.83. The van der Waals surface area contributed by atoms with E-state index in [0.717, 1.165) is 36.8 Å². The lowest BCUT2D eigenvalue weighted by Gasteiger charge is -2.29. The quantitative estimate of drug-likeness (QED) is 0.495. The maximum Gasteiger partial charge on any atom is 0.315 e. The molecule has 0 aromatic heterocycles. The first-order valence-electron chi connectivity index (χ1n) is 11.0. The van der Waals surface area contributed by atoms with Crippen LogP contribution in [0.3, 0.4) is 0 Å². The second-order valence-electron chi connectivity index (χ2n) is 8.28. The summed E-state index contributed by atoms with van der Waals surface area (Å²) in [4.78, 5) is 24.1. The lowest BCUT2D eigenvalue weighted by molar-refractivity contribution is 0.221. The number of nitrogens with one attached hydrogen (secondary N) is 4. The monoisotopic (exact) mass is 444 g/mol. The molecule has 0 aliphatic heterocycles. The fourth-order valence-corrected chi connectivity index (χ4v) is 3.94. The highest BCUT2D eigenvalue weighted by Crippen LogP contribution is 2.28. The summed E-state index contributed by atoms with van der Waals surface area (Å²) in [6, 6.07) is 11.6. The first-order valence-corrected chi connectivity index (χ1v) is 11.0. The molecule has 1 aliphatic rings. The van der Waals surface area contributed by atoms with Crippen molar-refractivity contribution < 1.29 is 18.4 Å². The number of hydrogen-bond donors (Lipinski definition) is 4. The van der Waals surface area contributed by atoms with Crippen LogP contribution >= 0.6 is 0 Å². The summed E-state index contributed by atoms with van der Waals surface area (Å²) in [6.07, 6.45) is 4.10. The Balaban J connectivity index is 1.30. The van der Waals surface area contributed by atoms with Crippen LogP contribution in [0.15, 0.2) is 48.5 Å². The van der Waals surface area contributed by atoms with Crippen LogP contribution in [0.4, 0.5) is 18.4 Å². The minimum absolute atomic E-state index is 0.241. The van der Waals surface area contributed by atoms with Crippen LogP contribution in [0, 0.1) is 23.5 Å². The molecule has 0 radical (unpaired) electrons. The van der Waals surface area contributed by atoms with Gasteiger partial charge in [0.1, 0.15) is 11.6 Å². The molecular formula is C24H30F2N4O2. The Morgan fingerprint density at radius 3 is 1.50 bits per heavy atom. The number of benzene rings is 2. The fourth-order valence-electron chi connectivity index (χ4n) is 3.94. The predicted molar refractivity (Wildman–Crippen MR) is 119 cm³/mol. The third-order valence-electron chi connectivity index (χ3n) is 5.73. The van der Waals surface area contributed by atoms with E-state index in [1.165, 1.54) is 24.3 Å². The van der Waals surface area contributed by atoms with Crippen molar-refractivity contribution in [3.63, 3.8) is 0 Å². The summed E-state index contributed by atoms with van der Waals surface area (Å²) in [5.41, 5.74) is 1.67. The highest BCUT2D eigenvalue weighted by molar-refractivity contribution is 5.74. The lowest BCUT2D eigenvalue weighted by Crippen LogP contribution is -2.41. The van der Waals surface area contributed by atoms with Crippen LogP contribution in [0.1, 0.15) is 36.8 Å². The molecule has 0 heterocycles. The molecule has 0 bridgehead atoms. The topological polar surface area (TPSA) is 82.3 Å². The van der Waals surface area contributed by atoms with Crippen molar-refractivity contribution in [2.75, 3.05) is 13.1 Å². The summed E-state index contributed by atoms with van der Waals surface area (Å²) < 4.78 is 25.9. The van der Waals surface area contributed by atoms with Crippen LogP contribution in [0.25, 0.3) is 0 Å². The van der Waals surface area contributed by atoms with Crippen molar-refractivity contribution in [2.45, 2.75) is 38.8 Å². The van der Waals surface area contributed by atoms with Crippen LogP contribution in [0.2, 0.25) is 0 Å². The van der Waals surface area contributed by atoms with Crippen molar-refractivity contribution in [1.82, 2.24) is 21.3 Å². The molecule has 3 rings (SSSR count). The second-order valence-corrected chi connectivity index (χ2v) is 8.28. The van der Waals surface area contributed by atoms with Crippen molar-refractivity contribution in [1.29, 1.82) is 0 Å². The molecule has 2 aromatic rings. The van der Waals surface area contributed by atoms with E-state index in [4.69, 9.17) is 0 Å². The molecule has 4 amide bonds. The van der Waals surface area contributed by atoms with Gasteiger partial charge in [0, 0.05) is 26.2 Å². The fraction of sp³-hybridized carbons (Fsp3) is 0.417. The van der Waals surface area contributed by atoms with Gasteiger partial charge in [0.15, 0.2) is 0 Å². The van der Waals surface area contributed by atoms with Crippen LogP contribution in [-0.2, 0) is 13.1 Å². The molecule has 0 saturated heterocycles. The average molecular weight is 445 g/mol. The number of carbonyl (C=O) groups excluding carboxylic acids is 2. The Labute approximate surface area is 187 Å². The number of amides is 4. The number of urea groups is 2. The van der Waals surface area contributed by atoms with E-state index in [2.05, 4.69) is 21.3 Å². The van der Waals surface area contributed by atoms with E-state index >= 15 is 0 Å². The number of rotatable bonds is 8. The molecular weight excluding hydrogens is 414 g/mol. The van der Waals surface area contributed by atoms with E-state index < -0.39 is 0 Å². The molecule has 8 heteroatoms. The minimum Gasteiger partial charge on any atom is -0.338 e. The molecule has 32 heavy (non-hydrogen) atoms. The molecule has 2 aromatic carbocycles. The molecule has 1 fully saturated rings. The van der Waals surface area contributed by atoms with Gasteiger partial charge in [0.05, 0.1) is 0 Å². The van der Waals surface area contributed by atoms with Gasteiger partial charge < -0.3 is 21.3 Å². The SMILES string of the molecule is O=C(NCc1ccc(F)cc1)NCC1CCCC(CNC(=O)NCc2ccc(F)cc2)C1. The van der Waals surface area contributed by atoms with Crippen LogP contribution in [-0.4, -0.2) is 25.2 Å². The molecule has 1 aliphatic carbocycles. The zero-order chi connectivity index (χ0) is 22.8. The maximum atomic E-state index is 12.9. The Morgan fingerprint density at radius 1 is 0.688 bits per heavy atom. The van der Waals surface area contributed by atoms with Crippen molar-refractivity contribution in [3.8, 4) is 0 Å².